The summed E-state index contributed by atoms with van der Waals surface area (Å²) < 4.78 is 16.4. The lowest BCUT2D eigenvalue weighted by atomic mass is 9.84. The molecule has 0 aliphatic carbocycles. The number of thiazole rings is 1. The second-order valence-electron chi connectivity index (χ2n) is 12.8. The summed E-state index contributed by atoms with van der Waals surface area (Å²) in [7, 11) is 1.60. The van der Waals surface area contributed by atoms with E-state index in [4.69, 9.17) is 9.47 Å². The van der Waals surface area contributed by atoms with E-state index in [0.29, 0.717) is 27.7 Å². The number of benzene rings is 1. The summed E-state index contributed by atoms with van der Waals surface area (Å²) in [6, 6.07) is 6.77. The molecule has 1 fully saturated rings. The van der Waals surface area contributed by atoms with Crippen LogP contribution in [0.4, 0.5) is 0 Å². The fourth-order valence-electron chi connectivity index (χ4n) is 5.77. The van der Waals surface area contributed by atoms with Crippen LogP contribution in [-0.2, 0) is 21.4 Å². The molecule has 1 aromatic carbocycles. The number of hydrogen-bond donors (Lipinski definition) is 0. The molecule has 9 nitrogen and oxygen atoms in total. The third-order valence-electron chi connectivity index (χ3n) is 7.56. The molecule has 43 heavy (non-hydrogen) atoms. The van der Waals surface area contributed by atoms with Crippen LogP contribution in [-0.4, -0.2) is 54.4 Å². The van der Waals surface area contributed by atoms with Gasteiger partial charge in [-0.2, -0.15) is 4.37 Å². The van der Waals surface area contributed by atoms with Crippen LogP contribution in [0.5, 0.6) is 5.75 Å². The van der Waals surface area contributed by atoms with Gasteiger partial charge in [0.05, 0.1) is 24.5 Å². The molecule has 4 aromatic rings. The Morgan fingerprint density at radius 2 is 1.84 bits per heavy atom. The molecule has 1 aliphatic rings. The summed E-state index contributed by atoms with van der Waals surface area (Å²) in [6.07, 6.45) is 7.08. The van der Waals surface area contributed by atoms with Gasteiger partial charge in [-0.15, -0.1) is 11.3 Å². The predicted octanol–water partition coefficient (Wildman–Crippen LogP) is 6.39. The van der Waals surface area contributed by atoms with Gasteiger partial charge in [0.2, 0.25) is 0 Å². The molecule has 4 heterocycles. The molecular formula is C32H37N5O4S2. The van der Waals surface area contributed by atoms with E-state index in [0.717, 1.165) is 5.56 Å². The first-order valence-electron chi connectivity index (χ1n) is 14.1. The number of methoxy groups -OCH3 is 1. The normalized spacial score (nSPS) is 20.7. The smallest absolute Gasteiger partial charge is 0.333 e. The van der Waals surface area contributed by atoms with E-state index in [-0.39, 0.29) is 30.1 Å². The van der Waals surface area contributed by atoms with Crippen LogP contribution in [0.25, 0.3) is 0 Å². The zero-order chi connectivity index (χ0) is 31.0. The molecule has 11 heteroatoms. The molecule has 0 spiro atoms. The molecule has 0 saturated carbocycles. The molecule has 1 saturated heterocycles. The number of hydrogen-bond acceptors (Lipinski definition) is 10. The van der Waals surface area contributed by atoms with Gasteiger partial charge in [-0.3, -0.25) is 14.8 Å². The standard InChI is InChI=1S/C32H37N5O4S2/c1-30(2,3)23-9-8-20(16-25(23)40-7)28(38)37-26(27-35-13-15-42-27)22(24-19-33-11-12-34-24)18-32(37,17-21-10-14-43-36-21)29(39)41-31(4,5)6/h8-16,19,22,26H,17-18H2,1-7H3/t22-,26-,32+/m1/s1. The van der Waals surface area contributed by atoms with Crippen LogP contribution >= 0.6 is 22.9 Å². The van der Waals surface area contributed by atoms with Gasteiger partial charge in [0.1, 0.15) is 21.9 Å². The number of amides is 1. The fraction of sp³-hybridized carbons (Fsp3) is 0.438. The van der Waals surface area contributed by atoms with Gasteiger partial charge in [0.25, 0.3) is 5.91 Å². The van der Waals surface area contributed by atoms with Crippen molar-refractivity contribution in [2.75, 3.05) is 7.11 Å². The van der Waals surface area contributed by atoms with E-state index in [1.54, 1.807) is 42.9 Å². The molecule has 0 bridgehead atoms. The predicted molar refractivity (Wildman–Crippen MR) is 167 cm³/mol. The van der Waals surface area contributed by atoms with Crippen molar-refractivity contribution >= 4 is 34.7 Å². The Morgan fingerprint density at radius 3 is 2.42 bits per heavy atom. The number of ether oxygens (including phenoxy) is 2. The van der Waals surface area contributed by atoms with E-state index in [2.05, 4.69) is 40.1 Å². The maximum Gasteiger partial charge on any atom is 0.333 e. The Bertz CT molecular complexity index is 1560. The van der Waals surface area contributed by atoms with Crippen LogP contribution in [0.15, 0.2) is 59.8 Å². The zero-order valence-corrected chi connectivity index (χ0v) is 27.2. The molecule has 0 N–H and O–H groups in total. The number of aromatic nitrogens is 4. The minimum Gasteiger partial charge on any atom is -0.496 e. The zero-order valence-electron chi connectivity index (χ0n) is 25.5. The Hall–Kier alpha value is -3.70. The fourth-order valence-corrected chi connectivity index (χ4v) is 7.10. The molecular weight excluding hydrogens is 583 g/mol. The highest BCUT2D eigenvalue weighted by Crippen LogP contribution is 2.54. The number of esters is 1. The van der Waals surface area contributed by atoms with Crippen molar-refractivity contribution in [2.45, 2.75) is 82.9 Å². The van der Waals surface area contributed by atoms with Crippen molar-refractivity contribution in [3.8, 4) is 5.75 Å². The molecule has 1 aliphatic heterocycles. The van der Waals surface area contributed by atoms with Crippen molar-refractivity contribution in [2.24, 2.45) is 0 Å². The van der Waals surface area contributed by atoms with Crippen molar-refractivity contribution < 1.29 is 19.1 Å². The largest absolute Gasteiger partial charge is 0.496 e. The minimum atomic E-state index is -1.41. The summed E-state index contributed by atoms with van der Waals surface area (Å²) in [4.78, 5) is 44.8. The summed E-state index contributed by atoms with van der Waals surface area (Å²) >= 11 is 2.74. The molecule has 226 valence electrons. The van der Waals surface area contributed by atoms with E-state index in [1.807, 2.05) is 49.7 Å². The van der Waals surface area contributed by atoms with E-state index in [1.165, 1.54) is 22.9 Å². The lowest BCUT2D eigenvalue weighted by Gasteiger charge is -2.40. The van der Waals surface area contributed by atoms with Crippen molar-refractivity contribution in [3.05, 3.63) is 87.3 Å². The molecule has 3 atom stereocenters. The van der Waals surface area contributed by atoms with Gasteiger partial charge >= 0.3 is 5.97 Å². The Balaban J connectivity index is 1.75. The van der Waals surface area contributed by atoms with Crippen molar-refractivity contribution in [1.29, 1.82) is 0 Å². The van der Waals surface area contributed by atoms with Crippen LogP contribution in [0, 0.1) is 0 Å². The molecule has 3 aromatic heterocycles. The van der Waals surface area contributed by atoms with Gasteiger partial charge in [0, 0.05) is 53.4 Å². The van der Waals surface area contributed by atoms with E-state index < -0.39 is 23.2 Å². The minimum absolute atomic E-state index is 0.174. The second-order valence-corrected chi connectivity index (χ2v) is 14.4. The van der Waals surface area contributed by atoms with Gasteiger partial charge in [-0.25, -0.2) is 9.78 Å². The topological polar surface area (TPSA) is 107 Å². The molecule has 1 amide bonds. The number of rotatable bonds is 7. The monoisotopic (exact) mass is 619 g/mol. The number of carbonyl (C=O) groups is 2. The van der Waals surface area contributed by atoms with E-state index in [9.17, 15) is 9.59 Å². The lowest BCUT2D eigenvalue weighted by molar-refractivity contribution is -0.167. The van der Waals surface area contributed by atoms with Crippen LogP contribution in [0.2, 0.25) is 0 Å². The summed E-state index contributed by atoms with van der Waals surface area (Å²) in [5, 5.41) is 4.44. The first kappa shape index (κ1) is 30.7. The average molecular weight is 620 g/mol. The number of carbonyl (C=O) groups excluding carboxylic acids is 2. The molecule has 0 unspecified atom stereocenters. The summed E-state index contributed by atoms with van der Waals surface area (Å²) in [5.74, 6) is -0.596. The van der Waals surface area contributed by atoms with E-state index >= 15 is 0 Å². The Labute approximate surface area is 260 Å². The van der Waals surface area contributed by atoms with Crippen LogP contribution in [0.1, 0.15) is 92.2 Å². The maximum absolute atomic E-state index is 15.0. The lowest BCUT2D eigenvalue weighted by Crippen LogP contribution is -2.57. The third kappa shape index (κ3) is 6.19. The van der Waals surface area contributed by atoms with Gasteiger partial charge < -0.3 is 14.4 Å². The maximum atomic E-state index is 15.0. The Kier molecular flexibility index (Phi) is 8.41. The SMILES string of the molecule is COc1cc(C(=O)N2[C@@H](c3nccs3)[C@@H](c3cnccn3)C[C@@]2(Cc2ccsn2)C(=O)OC(C)(C)C)ccc1C(C)(C)C. The third-order valence-corrected chi connectivity index (χ3v) is 9.01. The summed E-state index contributed by atoms with van der Waals surface area (Å²) in [5.41, 5.74) is 0.343. The highest BCUT2D eigenvalue weighted by atomic mass is 32.1. The highest BCUT2D eigenvalue weighted by Gasteiger charge is 2.61. The first-order chi connectivity index (χ1) is 20.3. The molecule has 5 rings (SSSR count). The first-order valence-corrected chi connectivity index (χ1v) is 15.9. The van der Waals surface area contributed by atoms with Gasteiger partial charge in [-0.05, 0) is 67.9 Å². The van der Waals surface area contributed by atoms with Crippen molar-refractivity contribution in [3.63, 3.8) is 0 Å². The van der Waals surface area contributed by atoms with Crippen LogP contribution < -0.4 is 4.74 Å². The number of nitrogens with zero attached hydrogens (tertiary/aromatic N) is 5. The molecule has 0 radical (unpaired) electrons. The highest BCUT2D eigenvalue weighted by molar-refractivity contribution is 7.09. The quantitative estimate of drug-likeness (QED) is 0.219. The van der Waals surface area contributed by atoms with Crippen LogP contribution in [0.3, 0.4) is 0 Å². The van der Waals surface area contributed by atoms with Gasteiger partial charge in [-0.1, -0.05) is 26.8 Å². The second kappa shape index (κ2) is 11.8. The van der Waals surface area contributed by atoms with Crippen molar-refractivity contribution in [1.82, 2.24) is 24.2 Å². The van der Waals surface area contributed by atoms with Gasteiger partial charge in [0.15, 0.2) is 0 Å². The average Bonchev–Trinajstić information content (AvgIpc) is 3.72. The Morgan fingerprint density at radius 1 is 1.05 bits per heavy atom. The number of likely N-dealkylation sites (tertiary alicyclic amines) is 1. The summed E-state index contributed by atoms with van der Waals surface area (Å²) in [6.45, 7) is 11.8.